The molecule has 0 saturated carbocycles. The largest absolute Gasteiger partial charge is 0.459 e. The Labute approximate surface area is 221 Å². The van der Waals surface area contributed by atoms with Gasteiger partial charge < -0.3 is 29.5 Å². The van der Waals surface area contributed by atoms with Gasteiger partial charge in [0.05, 0.1) is 18.8 Å². The maximum atomic E-state index is 11.3. The van der Waals surface area contributed by atoms with Crippen LogP contribution in [-0.4, -0.2) is 90.6 Å². The summed E-state index contributed by atoms with van der Waals surface area (Å²) >= 11 is 5.86. The van der Waals surface area contributed by atoms with Gasteiger partial charge in [-0.05, 0) is 25.5 Å². The van der Waals surface area contributed by atoms with Crippen molar-refractivity contribution in [2.45, 2.75) is 89.7 Å². The first-order valence-corrected chi connectivity index (χ1v) is 12.7. The maximum Gasteiger partial charge on any atom is 0.303 e. The molecule has 11 nitrogen and oxygen atoms in total. The minimum Gasteiger partial charge on any atom is -0.459 e. The molecule has 0 aromatic carbocycles. The monoisotopic (exact) mass is 538 g/mol. The minimum atomic E-state index is -1.05. The number of carbonyl (C=O) groups is 1. The summed E-state index contributed by atoms with van der Waals surface area (Å²) in [6, 6.07) is 3.51. The highest BCUT2D eigenvalue weighted by Gasteiger charge is 2.43. The number of aromatic nitrogens is 4. The molecule has 37 heavy (non-hydrogen) atoms. The Bertz CT molecular complexity index is 1030. The smallest absolute Gasteiger partial charge is 0.303 e. The Kier molecular flexibility index (Phi) is 10.7. The van der Waals surface area contributed by atoms with E-state index in [1.807, 2.05) is 6.92 Å². The molecule has 12 heteroatoms. The molecule has 2 aromatic heterocycles. The van der Waals surface area contributed by atoms with E-state index in [1.54, 1.807) is 12.1 Å². The topological polar surface area (TPSA) is 157 Å². The van der Waals surface area contributed by atoms with Crippen LogP contribution in [0.5, 0.6) is 0 Å². The number of ether oxygens (including phenoxy) is 3. The van der Waals surface area contributed by atoms with Crippen molar-refractivity contribution < 1.29 is 34.3 Å². The zero-order valence-corrected chi connectivity index (χ0v) is 22.2. The zero-order valence-electron chi connectivity index (χ0n) is 21.4. The summed E-state index contributed by atoms with van der Waals surface area (Å²) in [5, 5.41) is 28.7. The third kappa shape index (κ3) is 7.86. The van der Waals surface area contributed by atoms with Crippen molar-refractivity contribution in [1.82, 2.24) is 19.9 Å². The second-order valence-corrected chi connectivity index (χ2v) is 9.71. The number of hydrogen-bond acceptors (Lipinski definition) is 11. The van der Waals surface area contributed by atoms with E-state index >= 15 is 0 Å². The molecule has 8 unspecified atom stereocenters. The number of halogens is 1. The molecular weight excluding hydrogens is 504 g/mol. The SMILES string of the molecule is CCC1OC(Cc2cc(Cl)ncn2)C(OC(C)=O)C1C.Cc1cc(CC2OC(CO)C(O)C2O)ncn1. The number of aliphatic hydroxyl groups is 3. The highest BCUT2D eigenvalue weighted by Crippen LogP contribution is 2.33. The lowest BCUT2D eigenvalue weighted by Gasteiger charge is -2.20. The van der Waals surface area contributed by atoms with Crippen molar-refractivity contribution in [3.8, 4) is 0 Å². The van der Waals surface area contributed by atoms with Gasteiger partial charge >= 0.3 is 5.97 Å². The fourth-order valence-corrected chi connectivity index (χ4v) is 4.81. The second kappa shape index (κ2) is 13.5. The van der Waals surface area contributed by atoms with E-state index in [1.165, 1.54) is 19.6 Å². The lowest BCUT2D eigenvalue weighted by Crippen LogP contribution is -2.34. The Hall–Kier alpha value is -2.28. The first-order valence-electron chi connectivity index (χ1n) is 12.3. The van der Waals surface area contributed by atoms with Gasteiger partial charge in [0.1, 0.15) is 48.3 Å². The molecule has 0 amide bonds. The van der Waals surface area contributed by atoms with Crippen LogP contribution in [0.4, 0.5) is 0 Å². The predicted molar refractivity (Wildman–Crippen MR) is 133 cm³/mol. The average molecular weight is 539 g/mol. The van der Waals surface area contributed by atoms with E-state index in [4.69, 9.17) is 30.9 Å². The quantitative estimate of drug-likeness (QED) is 0.344. The minimum absolute atomic E-state index is 0.0988. The molecule has 2 saturated heterocycles. The van der Waals surface area contributed by atoms with E-state index in [2.05, 4.69) is 33.8 Å². The molecule has 4 heterocycles. The van der Waals surface area contributed by atoms with Crippen LogP contribution in [0.25, 0.3) is 0 Å². The van der Waals surface area contributed by atoms with Crippen LogP contribution in [0.3, 0.4) is 0 Å². The lowest BCUT2D eigenvalue weighted by atomic mass is 9.95. The van der Waals surface area contributed by atoms with Gasteiger partial charge in [-0.1, -0.05) is 25.4 Å². The van der Waals surface area contributed by atoms with Gasteiger partial charge in [-0.3, -0.25) is 4.79 Å². The van der Waals surface area contributed by atoms with Crippen LogP contribution >= 0.6 is 11.6 Å². The van der Waals surface area contributed by atoms with Gasteiger partial charge in [0.25, 0.3) is 0 Å². The summed E-state index contributed by atoms with van der Waals surface area (Å²) in [5.74, 6) is -0.112. The summed E-state index contributed by atoms with van der Waals surface area (Å²) in [7, 11) is 0. The number of hydrogen-bond donors (Lipinski definition) is 3. The van der Waals surface area contributed by atoms with Crippen molar-refractivity contribution in [1.29, 1.82) is 0 Å². The van der Waals surface area contributed by atoms with Crippen molar-refractivity contribution in [3.05, 3.63) is 47.0 Å². The van der Waals surface area contributed by atoms with Crippen molar-refractivity contribution in [2.24, 2.45) is 5.92 Å². The molecule has 0 aliphatic carbocycles. The van der Waals surface area contributed by atoms with Crippen LogP contribution in [0, 0.1) is 12.8 Å². The van der Waals surface area contributed by atoms with Gasteiger partial charge in [-0.25, -0.2) is 19.9 Å². The molecule has 4 rings (SSSR count). The summed E-state index contributed by atoms with van der Waals surface area (Å²) in [5.41, 5.74) is 2.37. The maximum absolute atomic E-state index is 11.3. The van der Waals surface area contributed by atoms with Crippen LogP contribution in [-0.2, 0) is 31.8 Å². The number of nitrogens with zero attached hydrogens (tertiary/aromatic N) is 4. The molecule has 8 atom stereocenters. The fraction of sp³-hybridized carbons (Fsp3) is 0.640. The summed E-state index contributed by atoms with van der Waals surface area (Å²) < 4.78 is 16.8. The van der Waals surface area contributed by atoms with E-state index in [-0.39, 0.29) is 36.8 Å². The normalized spacial score (nSPS) is 31.0. The number of aryl methyl sites for hydroxylation is 1. The van der Waals surface area contributed by atoms with Crippen LogP contribution in [0.15, 0.2) is 24.8 Å². The van der Waals surface area contributed by atoms with Crippen LogP contribution in [0.2, 0.25) is 5.15 Å². The van der Waals surface area contributed by atoms with Crippen LogP contribution < -0.4 is 0 Å². The summed E-state index contributed by atoms with van der Waals surface area (Å²) in [4.78, 5) is 27.3. The van der Waals surface area contributed by atoms with Gasteiger partial charge in [-0.15, -0.1) is 0 Å². The molecule has 3 N–H and O–H groups in total. The van der Waals surface area contributed by atoms with Gasteiger partial charge in [0, 0.05) is 42.8 Å². The predicted octanol–water partition coefficient (Wildman–Crippen LogP) is 1.23. The number of aliphatic hydroxyl groups excluding tert-OH is 3. The Morgan fingerprint density at radius 3 is 2.14 bits per heavy atom. The third-order valence-electron chi connectivity index (χ3n) is 6.54. The highest BCUT2D eigenvalue weighted by molar-refractivity contribution is 6.29. The van der Waals surface area contributed by atoms with Crippen molar-refractivity contribution >= 4 is 17.6 Å². The fourth-order valence-electron chi connectivity index (χ4n) is 4.64. The molecular formula is C25H35ClN4O7. The summed E-state index contributed by atoms with van der Waals surface area (Å²) in [6.45, 7) is 7.08. The first kappa shape index (κ1) is 29.3. The van der Waals surface area contributed by atoms with E-state index in [0.29, 0.717) is 18.0 Å². The zero-order chi connectivity index (χ0) is 27.1. The van der Waals surface area contributed by atoms with Gasteiger partial charge in [-0.2, -0.15) is 0 Å². The standard InChI is InChI=1S/C14H19ClN2O3.C11H16N2O4/c1-4-11-8(2)14(19-9(3)18)12(20-11)5-10-6-13(15)17-7-16-10;1-6-2-7(13-5-12-6)3-8-10(15)11(16)9(4-14)17-8/h6-8,11-12,14H,4-5H2,1-3H3;2,5,8-11,14-16H,3-4H2,1H3. The van der Waals surface area contributed by atoms with Crippen molar-refractivity contribution in [3.63, 3.8) is 0 Å². The molecule has 204 valence electrons. The molecule has 0 spiro atoms. The lowest BCUT2D eigenvalue weighted by molar-refractivity contribution is -0.150. The van der Waals surface area contributed by atoms with E-state index < -0.39 is 24.4 Å². The Morgan fingerprint density at radius 2 is 1.57 bits per heavy atom. The van der Waals surface area contributed by atoms with E-state index in [0.717, 1.165) is 23.5 Å². The number of esters is 1. The van der Waals surface area contributed by atoms with Gasteiger partial charge in [0.15, 0.2) is 0 Å². The number of carbonyl (C=O) groups excluding carboxylic acids is 1. The van der Waals surface area contributed by atoms with Gasteiger partial charge in [0.2, 0.25) is 0 Å². The Balaban J connectivity index is 0.000000208. The second-order valence-electron chi connectivity index (χ2n) is 9.32. The molecule has 2 fully saturated rings. The number of rotatable bonds is 7. The Morgan fingerprint density at radius 1 is 0.973 bits per heavy atom. The highest BCUT2D eigenvalue weighted by atomic mass is 35.5. The molecule has 0 radical (unpaired) electrons. The first-order chi connectivity index (χ1) is 17.6. The van der Waals surface area contributed by atoms with Crippen LogP contribution in [0.1, 0.15) is 44.3 Å². The molecule has 2 aromatic rings. The molecule has 2 aliphatic rings. The average Bonchev–Trinajstić information content (AvgIpc) is 3.29. The summed E-state index contributed by atoms with van der Waals surface area (Å²) in [6.07, 6.45) is 1.06. The third-order valence-corrected chi connectivity index (χ3v) is 6.74. The van der Waals surface area contributed by atoms with Crippen molar-refractivity contribution in [2.75, 3.05) is 6.61 Å². The molecule has 0 bridgehead atoms. The van der Waals surface area contributed by atoms with E-state index in [9.17, 15) is 15.0 Å². The molecule has 2 aliphatic heterocycles.